The molecule has 0 fully saturated rings. The van der Waals surface area contributed by atoms with E-state index in [9.17, 15) is 0 Å². The lowest BCUT2D eigenvalue weighted by molar-refractivity contribution is 0.559. The van der Waals surface area contributed by atoms with E-state index in [0.717, 1.165) is 25.5 Å². The molecule has 5 heteroatoms. The normalized spacial score (nSPS) is 21.1. The largest absolute Gasteiger partial charge is 0.382 e. The molecule has 104 valence electrons. The fourth-order valence-corrected chi connectivity index (χ4v) is 3.12. The second kappa shape index (κ2) is 4.51. The van der Waals surface area contributed by atoms with Crippen LogP contribution in [0.4, 0.5) is 11.4 Å². The summed E-state index contributed by atoms with van der Waals surface area (Å²) in [5.41, 5.74) is 4.04. The summed E-state index contributed by atoms with van der Waals surface area (Å²) in [4.78, 5) is 2.39. The third-order valence-electron chi connectivity index (χ3n) is 4.34. The average molecular weight is 269 g/mol. The van der Waals surface area contributed by atoms with Gasteiger partial charge in [-0.15, -0.1) is 10.2 Å². The van der Waals surface area contributed by atoms with Gasteiger partial charge in [-0.2, -0.15) is 0 Å². The Kier molecular flexibility index (Phi) is 2.65. The van der Waals surface area contributed by atoms with Gasteiger partial charge in [0, 0.05) is 30.5 Å². The summed E-state index contributed by atoms with van der Waals surface area (Å²) in [6, 6.07) is 7.36. The standard InChI is InChI=1S/C15H19N5/c1-11-2-3-12-8-13(4-5-14(12)17-11)19-6-7-20-10-16-18-15(20)9-19/h4-5,8,10-11,17H,2-3,6-7,9H2,1H3. The summed E-state index contributed by atoms with van der Waals surface area (Å²) in [5.74, 6) is 1.06. The van der Waals surface area contributed by atoms with Crippen LogP contribution in [0.25, 0.3) is 0 Å². The van der Waals surface area contributed by atoms with Crippen molar-refractivity contribution in [3.05, 3.63) is 35.9 Å². The first kappa shape index (κ1) is 11.8. The highest BCUT2D eigenvalue weighted by atomic mass is 15.3. The molecule has 0 spiro atoms. The Hall–Kier alpha value is -2.04. The fourth-order valence-electron chi connectivity index (χ4n) is 3.12. The highest BCUT2D eigenvalue weighted by molar-refractivity contribution is 5.62. The average Bonchev–Trinajstić information content (AvgIpc) is 2.94. The van der Waals surface area contributed by atoms with Gasteiger partial charge in [-0.3, -0.25) is 0 Å². The number of aromatic nitrogens is 3. The lowest BCUT2D eigenvalue weighted by atomic mass is 9.98. The van der Waals surface area contributed by atoms with E-state index in [-0.39, 0.29) is 0 Å². The topological polar surface area (TPSA) is 46.0 Å². The van der Waals surface area contributed by atoms with E-state index in [4.69, 9.17) is 0 Å². The molecular formula is C15H19N5. The first-order chi connectivity index (χ1) is 9.79. The monoisotopic (exact) mass is 269 g/mol. The molecule has 1 N–H and O–H groups in total. The van der Waals surface area contributed by atoms with Crippen molar-refractivity contribution in [1.82, 2.24) is 14.8 Å². The Labute approximate surface area is 118 Å². The third-order valence-corrected chi connectivity index (χ3v) is 4.34. The van der Waals surface area contributed by atoms with Crippen molar-refractivity contribution in [2.24, 2.45) is 0 Å². The molecule has 2 aliphatic heterocycles. The van der Waals surface area contributed by atoms with E-state index in [1.54, 1.807) is 0 Å². The van der Waals surface area contributed by atoms with Crippen molar-refractivity contribution in [3.63, 3.8) is 0 Å². The maximum absolute atomic E-state index is 4.19. The zero-order chi connectivity index (χ0) is 13.5. The molecule has 20 heavy (non-hydrogen) atoms. The van der Waals surface area contributed by atoms with Crippen LogP contribution < -0.4 is 10.2 Å². The molecule has 1 aromatic heterocycles. The minimum atomic E-state index is 0.585. The maximum Gasteiger partial charge on any atom is 0.152 e. The van der Waals surface area contributed by atoms with Gasteiger partial charge in [-0.1, -0.05) is 0 Å². The maximum atomic E-state index is 4.19. The minimum Gasteiger partial charge on any atom is -0.382 e. The first-order valence-corrected chi connectivity index (χ1v) is 7.31. The van der Waals surface area contributed by atoms with Gasteiger partial charge in [-0.05, 0) is 43.5 Å². The van der Waals surface area contributed by atoms with Crippen LogP contribution in [0.3, 0.4) is 0 Å². The number of rotatable bonds is 1. The van der Waals surface area contributed by atoms with Crippen LogP contribution in [0.5, 0.6) is 0 Å². The van der Waals surface area contributed by atoms with Crippen LogP contribution in [0, 0.1) is 0 Å². The lowest BCUT2D eigenvalue weighted by Gasteiger charge is -2.31. The van der Waals surface area contributed by atoms with Gasteiger partial charge in [0.15, 0.2) is 5.82 Å². The zero-order valence-electron chi connectivity index (χ0n) is 11.7. The van der Waals surface area contributed by atoms with E-state index in [2.05, 4.69) is 50.1 Å². The molecule has 0 bridgehead atoms. The van der Waals surface area contributed by atoms with E-state index >= 15 is 0 Å². The number of aryl methyl sites for hydroxylation is 1. The first-order valence-electron chi connectivity index (χ1n) is 7.31. The van der Waals surface area contributed by atoms with Crippen molar-refractivity contribution in [2.45, 2.75) is 38.9 Å². The van der Waals surface area contributed by atoms with Crippen molar-refractivity contribution in [1.29, 1.82) is 0 Å². The molecule has 1 atom stereocenters. The van der Waals surface area contributed by atoms with Gasteiger partial charge in [0.1, 0.15) is 6.33 Å². The number of nitrogens with zero attached hydrogens (tertiary/aromatic N) is 4. The van der Waals surface area contributed by atoms with Crippen LogP contribution in [-0.2, 0) is 19.5 Å². The number of hydrogen-bond acceptors (Lipinski definition) is 4. The number of benzene rings is 1. The summed E-state index contributed by atoms with van der Waals surface area (Å²) in [5, 5.41) is 11.7. The molecule has 4 rings (SSSR count). The van der Waals surface area contributed by atoms with Crippen LogP contribution in [0.1, 0.15) is 24.7 Å². The molecule has 1 unspecified atom stereocenters. The quantitative estimate of drug-likeness (QED) is 0.860. The SMILES string of the molecule is CC1CCc2cc(N3CCn4cnnc4C3)ccc2N1. The van der Waals surface area contributed by atoms with Crippen LogP contribution >= 0.6 is 0 Å². The number of hydrogen-bond donors (Lipinski definition) is 1. The Bertz CT molecular complexity index is 633. The Morgan fingerprint density at radius 3 is 3.20 bits per heavy atom. The molecule has 1 aromatic carbocycles. The second-order valence-corrected chi connectivity index (χ2v) is 5.79. The zero-order valence-corrected chi connectivity index (χ0v) is 11.7. The van der Waals surface area contributed by atoms with Crippen molar-refractivity contribution < 1.29 is 0 Å². The molecule has 3 heterocycles. The summed E-state index contributed by atoms with van der Waals surface area (Å²) in [6.45, 7) is 5.08. The molecular weight excluding hydrogens is 250 g/mol. The van der Waals surface area contributed by atoms with Crippen molar-refractivity contribution in [2.75, 3.05) is 16.8 Å². The number of anilines is 2. The molecule has 0 radical (unpaired) electrons. The summed E-state index contributed by atoms with van der Waals surface area (Å²) >= 11 is 0. The van der Waals surface area contributed by atoms with Crippen molar-refractivity contribution in [3.8, 4) is 0 Å². The fraction of sp³-hybridized carbons (Fsp3) is 0.467. The molecule has 5 nitrogen and oxygen atoms in total. The van der Waals surface area contributed by atoms with Crippen LogP contribution in [0.2, 0.25) is 0 Å². The number of fused-ring (bicyclic) bond motifs is 2. The second-order valence-electron chi connectivity index (χ2n) is 5.79. The molecule has 0 saturated carbocycles. The summed E-state index contributed by atoms with van der Waals surface area (Å²) in [7, 11) is 0. The van der Waals surface area contributed by atoms with E-state index < -0.39 is 0 Å². The van der Waals surface area contributed by atoms with Gasteiger partial charge in [0.05, 0.1) is 6.54 Å². The lowest BCUT2D eigenvalue weighted by Crippen LogP contribution is -2.33. The molecule has 0 aliphatic carbocycles. The smallest absolute Gasteiger partial charge is 0.152 e. The van der Waals surface area contributed by atoms with Gasteiger partial charge < -0.3 is 14.8 Å². The summed E-state index contributed by atoms with van der Waals surface area (Å²) in [6.07, 6.45) is 4.21. The predicted octanol–water partition coefficient (Wildman–Crippen LogP) is 2.04. The van der Waals surface area contributed by atoms with Crippen LogP contribution in [-0.4, -0.2) is 27.4 Å². The Morgan fingerprint density at radius 1 is 1.30 bits per heavy atom. The Balaban J connectivity index is 1.61. The molecule has 2 aliphatic rings. The Morgan fingerprint density at radius 2 is 2.25 bits per heavy atom. The van der Waals surface area contributed by atoms with Crippen molar-refractivity contribution >= 4 is 11.4 Å². The molecule has 0 amide bonds. The van der Waals surface area contributed by atoms with Gasteiger partial charge in [-0.25, -0.2) is 0 Å². The van der Waals surface area contributed by atoms with Gasteiger partial charge in [0.2, 0.25) is 0 Å². The molecule has 2 aromatic rings. The minimum absolute atomic E-state index is 0.585. The van der Waals surface area contributed by atoms with Gasteiger partial charge >= 0.3 is 0 Å². The third kappa shape index (κ3) is 1.94. The highest BCUT2D eigenvalue weighted by Gasteiger charge is 2.20. The van der Waals surface area contributed by atoms with Gasteiger partial charge in [0.25, 0.3) is 0 Å². The van der Waals surface area contributed by atoms with E-state index in [1.165, 1.54) is 29.8 Å². The summed E-state index contributed by atoms with van der Waals surface area (Å²) < 4.78 is 2.14. The highest BCUT2D eigenvalue weighted by Crippen LogP contribution is 2.30. The van der Waals surface area contributed by atoms with E-state index in [1.807, 2.05) is 6.33 Å². The number of nitrogens with one attached hydrogen (secondary N) is 1. The van der Waals surface area contributed by atoms with Crippen LogP contribution in [0.15, 0.2) is 24.5 Å². The van der Waals surface area contributed by atoms with E-state index in [0.29, 0.717) is 6.04 Å². The predicted molar refractivity (Wildman–Crippen MR) is 78.9 cm³/mol. The molecule has 0 saturated heterocycles.